The Morgan fingerprint density at radius 3 is 2.65 bits per heavy atom. The summed E-state index contributed by atoms with van der Waals surface area (Å²) in [5, 5.41) is 3.84. The average molecular weight is 321 g/mol. The van der Waals surface area contributed by atoms with Gasteiger partial charge in [-0.2, -0.15) is 0 Å². The number of carbonyl (C=O) groups excluding carboxylic acids is 1. The van der Waals surface area contributed by atoms with Gasteiger partial charge in [-0.15, -0.1) is 0 Å². The van der Waals surface area contributed by atoms with Gasteiger partial charge in [-0.3, -0.25) is 4.79 Å². The highest BCUT2D eigenvalue weighted by Crippen LogP contribution is 2.23. The minimum absolute atomic E-state index is 0.0486. The van der Waals surface area contributed by atoms with Crippen molar-refractivity contribution >= 4 is 11.7 Å². The number of oxime groups is 1. The molecule has 0 saturated carbocycles. The number of likely N-dealkylation sites (tertiary alicyclic amines) is 1. The van der Waals surface area contributed by atoms with E-state index in [9.17, 15) is 9.18 Å². The standard InChI is InChI=1S/C16H20FN3O3/c17-12-3-1-11(2-4-12)15(18)19-23-14-5-8-20(16(14)21)13-6-9-22-10-7-13/h1-4,13-14H,5-10H2,(H2,18,19)/t14-/m1/s1. The first kappa shape index (κ1) is 15.7. The Hall–Kier alpha value is -2.15. The highest BCUT2D eigenvalue weighted by Gasteiger charge is 2.38. The van der Waals surface area contributed by atoms with Crippen LogP contribution in [0.1, 0.15) is 24.8 Å². The monoisotopic (exact) mass is 321 g/mol. The van der Waals surface area contributed by atoms with E-state index in [4.69, 9.17) is 15.3 Å². The van der Waals surface area contributed by atoms with E-state index in [-0.39, 0.29) is 23.6 Å². The zero-order valence-electron chi connectivity index (χ0n) is 12.8. The van der Waals surface area contributed by atoms with Crippen LogP contribution in [0, 0.1) is 5.82 Å². The summed E-state index contributed by atoms with van der Waals surface area (Å²) in [6.45, 7) is 2.05. The van der Waals surface area contributed by atoms with Crippen LogP contribution in [0.15, 0.2) is 29.4 Å². The molecule has 0 radical (unpaired) electrons. The number of rotatable bonds is 4. The molecular weight excluding hydrogens is 301 g/mol. The van der Waals surface area contributed by atoms with Crippen molar-refractivity contribution in [3.05, 3.63) is 35.6 Å². The van der Waals surface area contributed by atoms with Crippen molar-refractivity contribution < 1.29 is 18.8 Å². The first-order chi connectivity index (χ1) is 11.1. The van der Waals surface area contributed by atoms with Crippen LogP contribution in [0.3, 0.4) is 0 Å². The quantitative estimate of drug-likeness (QED) is 0.514. The number of nitrogens with zero attached hydrogens (tertiary/aromatic N) is 2. The van der Waals surface area contributed by atoms with Crippen molar-refractivity contribution in [2.75, 3.05) is 19.8 Å². The predicted octanol–water partition coefficient (Wildman–Crippen LogP) is 1.24. The number of amides is 1. The highest BCUT2D eigenvalue weighted by atomic mass is 19.1. The summed E-state index contributed by atoms with van der Waals surface area (Å²) in [4.78, 5) is 19.6. The molecule has 0 aliphatic carbocycles. The number of nitrogens with two attached hydrogens (primary N) is 1. The van der Waals surface area contributed by atoms with Crippen molar-refractivity contribution in [3.8, 4) is 0 Å². The summed E-state index contributed by atoms with van der Waals surface area (Å²) in [6.07, 6.45) is 1.71. The fraction of sp³-hybridized carbons (Fsp3) is 0.500. The van der Waals surface area contributed by atoms with Gasteiger partial charge in [0.25, 0.3) is 5.91 Å². The number of hydrogen-bond donors (Lipinski definition) is 1. The van der Waals surface area contributed by atoms with Gasteiger partial charge in [0, 0.05) is 37.8 Å². The molecule has 0 unspecified atom stereocenters. The summed E-state index contributed by atoms with van der Waals surface area (Å²) in [6, 6.07) is 5.85. The zero-order valence-corrected chi connectivity index (χ0v) is 12.8. The van der Waals surface area contributed by atoms with Crippen molar-refractivity contribution in [3.63, 3.8) is 0 Å². The number of hydrogen-bond acceptors (Lipinski definition) is 4. The van der Waals surface area contributed by atoms with E-state index in [1.54, 1.807) is 0 Å². The first-order valence-corrected chi connectivity index (χ1v) is 7.78. The lowest BCUT2D eigenvalue weighted by Crippen LogP contribution is -2.42. The summed E-state index contributed by atoms with van der Waals surface area (Å²) >= 11 is 0. The topological polar surface area (TPSA) is 77.2 Å². The average Bonchev–Trinajstić information content (AvgIpc) is 2.95. The number of amidine groups is 1. The maximum Gasteiger partial charge on any atom is 0.266 e. The van der Waals surface area contributed by atoms with E-state index in [1.165, 1.54) is 24.3 Å². The molecule has 1 amide bonds. The summed E-state index contributed by atoms with van der Waals surface area (Å²) < 4.78 is 18.2. The zero-order chi connectivity index (χ0) is 16.2. The third kappa shape index (κ3) is 3.61. The predicted molar refractivity (Wildman–Crippen MR) is 82.2 cm³/mol. The van der Waals surface area contributed by atoms with Gasteiger partial charge in [0.05, 0.1) is 0 Å². The van der Waals surface area contributed by atoms with Gasteiger partial charge in [-0.05, 0) is 37.1 Å². The molecule has 2 fully saturated rings. The molecule has 3 rings (SSSR count). The molecule has 2 heterocycles. The molecule has 1 aromatic rings. The Kier molecular flexibility index (Phi) is 4.76. The van der Waals surface area contributed by atoms with Crippen LogP contribution in [-0.4, -0.2) is 48.5 Å². The fourth-order valence-corrected chi connectivity index (χ4v) is 2.93. The third-order valence-corrected chi connectivity index (χ3v) is 4.24. The molecule has 0 bridgehead atoms. The van der Waals surface area contributed by atoms with Crippen LogP contribution >= 0.6 is 0 Å². The van der Waals surface area contributed by atoms with Gasteiger partial charge in [-0.25, -0.2) is 4.39 Å². The van der Waals surface area contributed by atoms with E-state index < -0.39 is 6.10 Å². The van der Waals surface area contributed by atoms with Crippen LogP contribution in [0.4, 0.5) is 4.39 Å². The minimum atomic E-state index is -0.600. The van der Waals surface area contributed by atoms with Gasteiger partial charge in [0.15, 0.2) is 5.84 Å². The Morgan fingerprint density at radius 2 is 1.96 bits per heavy atom. The lowest BCUT2D eigenvalue weighted by Gasteiger charge is -2.30. The summed E-state index contributed by atoms with van der Waals surface area (Å²) in [7, 11) is 0. The number of halogens is 1. The third-order valence-electron chi connectivity index (χ3n) is 4.24. The molecule has 2 N–H and O–H groups in total. The van der Waals surface area contributed by atoms with Crippen LogP contribution < -0.4 is 5.73 Å². The van der Waals surface area contributed by atoms with Crippen LogP contribution in [0.5, 0.6) is 0 Å². The molecule has 124 valence electrons. The molecule has 2 saturated heterocycles. The minimum Gasteiger partial charge on any atom is -0.381 e. The maximum atomic E-state index is 12.9. The van der Waals surface area contributed by atoms with Gasteiger partial charge in [0.1, 0.15) is 5.82 Å². The lowest BCUT2D eigenvalue weighted by atomic mass is 10.1. The summed E-state index contributed by atoms with van der Waals surface area (Å²) in [5.41, 5.74) is 6.36. The van der Waals surface area contributed by atoms with E-state index in [0.29, 0.717) is 31.7 Å². The molecule has 2 aliphatic rings. The van der Waals surface area contributed by atoms with Crippen molar-refractivity contribution in [1.29, 1.82) is 0 Å². The second-order valence-corrected chi connectivity index (χ2v) is 5.74. The summed E-state index contributed by atoms with van der Waals surface area (Å²) in [5.74, 6) is -0.268. The van der Waals surface area contributed by atoms with Gasteiger partial charge in [-0.1, -0.05) is 5.16 Å². The van der Waals surface area contributed by atoms with E-state index in [1.807, 2.05) is 4.90 Å². The molecule has 1 aromatic carbocycles. The Bertz CT molecular complexity index is 585. The van der Waals surface area contributed by atoms with Crippen LogP contribution in [-0.2, 0) is 14.4 Å². The van der Waals surface area contributed by atoms with Crippen molar-refractivity contribution in [2.24, 2.45) is 10.9 Å². The van der Waals surface area contributed by atoms with Crippen LogP contribution in [0.2, 0.25) is 0 Å². The highest BCUT2D eigenvalue weighted by molar-refractivity contribution is 5.97. The molecule has 7 heteroatoms. The van der Waals surface area contributed by atoms with Gasteiger partial charge >= 0.3 is 0 Å². The number of ether oxygens (including phenoxy) is 1. The van der Waals surface area contributed by atoms with Crippen molar-refractivity contribution in [2.45, 2.75) is 31.4 Å². The maximum absolute atomic E-state index is 12.9. The largest absolute Gasteiger partial charge is 0.381 e. The SMILES string of the molecule is N/C(=N\O[C@@H]1CCN(C2CCOCC2)C1=O)c1ccc(F)cc1. The Labute approximate surface area is 134 Å². The fourth-order valence-electron chi connectivity index (χ4n) is 2.93. The first-order valence-electron chi connectivity index (χ1n) is 7.78. The van der Waals surface area contributed by atoms with Gasteiger partial charge in [0.2, 0.25) is 6.10 Å². The molecule has 0 aromatic heterocycles. The second-order valence-electron chi connectivity index (χ2n) is 5.74. The molecular formula is C16H20FN3O3. The molecule has 6 nitrogen and oxygen atoms in total. The van der Waals surface area contributed by atoms with Crippen molar-refractivity contribution in [1.82, 2.24) is 4.90 Å². The Morgan fingerprint density at radius 1 is 1.26 bits per heavy atom. The normalized spacial score (nSPS) is 23.3. The molecule has 23 heavy (non-hydrogen) atoms. The second kappa shape index (κ2) is 6.95. The van der Waals surface area contributed by atoms with E-state index >= 15 is 0 Å². The molecule has 0 spiro atoms. The molecule has 1 atom stereocenters. The number of carbonyl (C=O) groups is 1. The smallest absolute Gasteiger partial charge is 0.266 e. The lowest BCUT2D eigenvalue weighted by molar-refractivity contribution is -0.140. The number of benzene rings is 1. The van der Waals surface area contributed by atoms with Crippen LogP contribution in [0.25, 0.3) is 0 Å². The molecule has 2 aliphatic heterocycles. The Balaban J connectivity index is 1.59. The van der Waals surface area contributed by atoms with E-state index in [2.05, 4.69) is 5.16 Å². The van der Waals surface area contributed by atoms with Gasteiger partial charge < -0.3 is 20.2 Å². The van der Waals surface area contributed by atoms with E-state index in [0.717, 1.165) is 12.8 Å².